The molecule has 0 spiro atoms. The minimum absolute atomic E-state index is 0.148. The quantitative estimate of drug-likeness (QED) is 0.601. The predicted molar refractivity (Wildman–Crippen MR) is 69.8 cm³/mol. The zero-order chi connectivity index (χ0) is 12.5. The number of pyridine rings is 1. The molecule has 0 unspecified atom stereocenters. The maximum Gasteiger partial charge on any atom is 0.277 e. The van der Waals surface area contributed by atoms with Gasteiger partial charge in [-0.3, -0.25) is 15.1 Å². The molecular formula is C13H13N3O2. The fourth-order valence-corrected chi connectivity index (χ4v) is 2.55. The largest absolute Gasteiger partial charge is 0.371 e. The van der Waals surface area contributed by atoms with E-state index in [2.05, 4.69) is 9.88 Å². The van der Waals surface area contributed by atoms with Crippen LogP contribution in [-0.2, 0) is 0 Å². The molecule has 0 bridgehead atoms. The molecule has 1 saturated heterocycles. The Labute approximate surface area is 104 Å². The number of aromatic nitrogens is 1. The summed E-state index contributed by atoms with van der Waals surface area (Å²) in [7, 11) is 0. The molecule has 92 valence electrons. The maximum atomic E-state index is 11.0. The SMILES string of the molecule is O=[N+]([O-])c1ccc(N2CCCC2)c2cnccc12. The Balaban J connectivity index is 2.22. The molecule has 0 N–H and O–H groups in total. The van der Waals surface area contributed by atoms with E-state index in [0.29, 0.717) is 5.39 Å². The standard InChI is InChI=1S/C13H13N3O2/c17-16(18)13-4-3-12(15-7-1-2-8-15)11-9-14-6-5-10(11)13/h3-6,9H,1-2,7-8H2. The van der Waals surface area contributed by atoms with Crippen molar-refractivity contribution in [3.05, 3.63) is 40.7 Å². The van der Waals surface area contributed by atoms with Crippen molar-refractivity contribution in [2.24, 2.45) is 0 Å². The van der Waals surface area contributed by atoms with Gasteiger partial charge in [0.05, 0.1) is 10.3 Å². The third kappa shape index (κ3) is 1.68. The molecule has 0 atom stereocenters. The van der Waals surface area contributed by atoms with Crippen molar-refractivity contribution in [2.75, 3.05) is 18.0 Å². The Morgan fingerprint density at radius 1 is 1.17 bits per heavy atom. The van der Waals surface area contributed by atoms with Crippen LogP contribution in [-0.4, -0.2) is 23.0 Å². The molecule has 1 aromatic carbocycles. The first-order valence-electron chi connectivity index (χ1n) is 6.03. The molecule has 1 aliphatic rings. The van der Waals surface area contributed by atoms with Crippen LogP contribution < -0.4 is 4.90 Å². The molecule has 2 heterocycles. The molecular weight excluding hydrogens is 230 g/mol. The van der Waals surface area contributed by atoms with Crippen LogP contribution in [0.3, 0.4) is 0 Å². The highest BCUT2D eigenvalue weighted by Gasteiger charge is 2.19. The number of hydrogen-bond acceptors (Lipinski definition) is 4. The van der Waals surface area contributed by atoms with Gasteiger partial charge in [0, 0.05) is 42.6 Å². The van der Waals surface area contributed by atoms with Crippen molar-refractivity contribution in [1.29, 1.82) is 0 Å². The summed E-state index contributed by atoms with van der Waals surface area (Å²) >= 11 is 0. The van der Waals surface area contributed by atoms with Crippen LogP contribution >= 0.6 is 0 Å². The summed E-state index contributed by atoms with van der Waals surface area (Å²) in [5.74, 6) is 0. The molecule has 0 aliphatic carbocycles. The van der Waals surface area contributed by atoms with E-state index in [1.807, 2.05) is 6.07 Å². The van der Waals surface area contributed by atoms with Crippen LogP contribution in [0.2, 0.25) is 0 Å². The van der Waals surface area contributed by atoms with E-state index in [4.69, 9.17) is 0 Å². The lowest BCUT2D eigenvalue weighted by molar-refractivity contribution is -0.383. The third-order valence-corrected chi connectivity index (χ3v) is 3.42. The van der Waals surface area contributed by atoms with Crippen molar-refractivity contribution >= 4 is 22.1 Å². The highest BCUT2D eigenvalue weighted by Crippen LogP contribution is 2.34. The molecule has 0 saturated carbocycles. The van der Waals surface area contributed by atoms with Gasteiger partial charge in [0.1, 0.15) is 0 Å². The molecule has 1 aliphatic heterocycles. The second-order valence-corrected chi connectivity index (χ2v) is 4.48. The summed E-state index contributed by atoms with van der Waals surface area (Å²) in [6, 6.07) is 5.15. The van der Waals surface area contributed by atoms with Gasteiger partial charge in [-0.05, 0) is 25.0 Å². The maximum absolute atomic E-state index is 11.0. The van der Waals surface area contributed by atoms with Gasteiger partial charge in [-0.2, -0.15) is 0 Å². The number of hydrogen-bond donors (Lipinski definition) is 0. The molecule has 0 amide bonds. The molecule has 3 rings (SSSR count). The second kappa shape index (κ2) is 4.25. The molecule has 18 heavy (non-hydrogen) atoms. The van der Waals surface area contributed by atoms with Crippen LogP contribution in [0.25, 0.3) is 10.8 Å². The lowest BCUT2D eigenvalue weighted by Gasteiger charge is -2.19. The number of nitro benzene ring substituents is 1. The Bertz CT molecular complexity index is 606. The number of anilines is 1. The van der Waals surface area contributed by atoms with Gasteiger partial charge < -0.3 is 4.90 Å². The summed E-state index contributed by atoms with van der Waals surface area (Å²) in [5.41, 5.74) is 1.21. The Morgan fingerprint density at radius 3 is 2.67 bits per heavy atom. The minimum Gasteiger partial charge on any atom is -0.371 e. The minimum atomic E-state index is -0.337. The average molecular weight is 243 g/mol. The van der Waals surface area contributed by atoms with E-state index in [-0.39, 0.29) is 10.6 Å². The average Bonchev–Trinajstić information content (AvgIpc) is 2.91. The lowest BCUT2D eigenvalue weighted by Crippen LogP contribution is -2.17. The van der Waals surface area contributed by atoms with Crippen molar-refractivity contribution in [3.63, 3.8) is 0 Å². The van der Waals surface area contributed by atoms with Gasteiger partial charge in [-0.15, -0.1) is 0 Å². The summed E-state index contributed by atoms with van der Waals surface area (Å²) in [6.07, 6.45) is 5.68. The molecule has 1 fully saturated rings. The van der Waals surface area contributed by atoms with E-state index in [0.717, 1.165) is 24.2 Å². The first-order chi connectivity index (χ1) is 8.77. The van der Waals surface area contributed by atoms with Gasteiger partial charge in [0.2, 0.25) is 0 Å². The molecule has 5 nitrogen and oxygen atoms in total. The van der Waals surface area contributed by atoms with Crippen LogP contribution in [0.15, 0.2) is 30.6 Å². The Morgan fingerprint density at radius 2 is 1.94 bits per heavy atom. The summed E-state index contributed by atoms with van der Waals surface area (Å²) in [6.45, 7) is 2.03. The van der Waals surface area contributed by atoms with E-state index in [1.54, 1.807) is 24.5 Å². The van der Waals surface area contributed by atoms with Crippen LogP contribution in [0.1, 0.15) is 12.8 Å². The van der Waals surface area contributed by atoms with Crippen molar-refractivity contribution in [1.82, 2.24) is 4.98 Å². The van der Waals surface area contributed by atoms with Crippen LogP contribution in [0.5, 0.6) is 0 Å². The Kier molecular flexibility index (Phi) is 2.59. The normalized spacial score (nSPS) is 15.2. The van der Waals surface area contributed by atoms with Crippen LogP contribution in [0, 0.1) is 10.1 Å². The van der Waals surface area contributed by atoms with Gasteiger partial charge in [-0.25, -0.2) is 0 Å². The Hall–Kier alpha value is -2.17. The summed E-state index contributed by atoms with van der Waals surface area (Å²) in [5, 5.41) is 12.6. The smallest absolute Gasteiger partial charge is 0.277 e. The second-order valence-electron chi connectivity index (χ2n) is 4.48. The fourth-order valence-electron chi connectivity index (χ4n) is 2.55. The summed E-state index contributed by atoms with van der Waals surface area (Å²) in [4.78, 5) is 17.0. The van der Waals surface area contributed by atoms with E-state index in [9.17, 15) is 10.1 Å². The van der Waals surface area contributed by atoms with E-state index >= 15 is 0 Å². The van der Waals surface area contributed by atoms with Gasteiger partial charge in [0.15, 0.2) is 0 Å². The predicted octanol–water partition coefficient (Wildman–Crippen LogP) is 2.74. The van der Waals surface area contributed by atoms with Crippen molar-refractivity contribution < 1.29 is 4.92 Å². The zero-order valence-electron chi connectivity index (χ0n) is 9.87. The highest BCUT2D eigenvalue weighted by atomic mass is 16.6. The molecule has 1 aromatic heterocycles. The van der Waals surface area contributed by atoms with Crippen molar-refractivity contribution in [2.45, 2.75) is 12.8 Å². The zero-order valence-corrected chi connectivity index (χ0v) is 9.87. The van der Waals surface area contributed by atoms with E-state index in [1.165, 1.54) is 12.8 Å². The number of fused-ring (bicyclic) bond motifs is 1. The van der Waals surface area contributed by atoms with Gasteiger partial charge in [-0.1, -0.05) is 0 Å². The molecule has 0 radical (unpaired) electrons. The van der Waals surface area contributed by atoms with Crippen molar-refractivity contribution in [3.8, 4) is 0 Å². The first kappa shape index (κ1) is 11.0. The fraction of sp³-hybridized carbons (Fsp3) is 0.308. The number of rotatable bonds is 2. The van der Waals surface area contributed by atoms with E-state index < -0.39 is 0 Å². The number of nitro groups is 1. The number of benzene rings is 1. The van der Waals surface area contributed by atoms with Crippen LogP contribution in [0.4, 0.5) is 11.4 Å². The molecule has 2 aromatic rings. The lowest BCUT2D eigenvalue weighted by atomic mass is 10.1. The number of non-ortho nitro benzene ring substituents is 1. The highest BCUT2D eigenvalue weighted by molar-refractivity contribution is 5.99. The topological polar surface area (TPSA) is 59.3 Å². The third-order valence-electron chi connectivity index (χ3n) is 3.42. The van der Waals surface area contributed by atoms with Gasteiger partial charge in [0.25, 0.3) is 5.69 Å². The van der Waals surface area contributed by atoms with Gasteiger partial charge >= 0.3 is 0 Å². The first-order valence-corrected chi connectivity index (χ1v) is 6.03. The molecule has 5 heteroatoms. The monoisotopic (exact) mass is 243 g/mol. The summed E-state index contributed by atoms with van der Waals surface area (Å²) < 4.78 is 0. The number of nitrogens with zero attached hydrogens (tertiary/aromatic N) is 3.